The summed E-state index contributed by atoms with van der Waals surface area (Å²) in [4.78, 5) is 12.3. The highest BCUT2D eigenvalue weighted by Gasteiger charge is 2.18. The minimum Gasteiger partial charge on any atom is -0.299 e. The Balaban J connectivity index is 2.54. The normalized spacial score (nSPS) is 11.0. The van der Waals surface area contributed by atoms with E-state index in [0.29, 0.717) is 21.8 Å². The van der Waals surface area contributed by atoms with E-state index >= 15 is 0 Å². The monoisotopic (exact) mass is 277 g/mol. The Morgan fingerprint density at radius 1 is 1.42 bits per heavy atom. The summed E-state index contributed by atoms with van der Waals surface area (Å²) >= 11 is 5.92. The second-order valence-electron chi connectivity index (χ2n) is 4.77. The highest BCUT2D eigenvalue weighted by molar-refractivity contribution is 6.31. The maximum atomic E-state index is 12.3. The average molecular weight is 278 g/mol. The van der Waals surface area contributed by atoms with E-state index in [-0.39, 0.29) is 17.3 Å². The summed E-state index contributed by atoms with van der Waals surface area (Å²) < 4.78 is 1.53. The number of aromatic nitrogens is 2. The number of hydrogen-bond acceptors (Lipinski definition) is 2. The zero-order valence-electron chi connectivity index (χ0n) is 11.1. The minimum atomic E-state index is -0.169. The number of rotatable bonds is 3. The third kappa shape index (κ3) is 2.49. The van der Waals surface area contributed by atoms with E-state index < -0.39 is 0 Å². The molecule has 2 rings (SSSR count). The Morgan fingerprint density at radius 2 is 2.11 bits per heavy atom. The number of nitrogens with zero attached hydrogens (tertiary/aromatic N) is 1. The van der Waals surface area contributed by atoms with Crippen molar-refractivity contribution in [1.29, 1.82) is 5.41 Å². The molecule has 0 saturated carbocycles. The van der Waals surface area contributed by atoms with E-state index in [1.165, 1.54) is 4.68 Å². The van der Waals surface area contributed by atoms with Crippen molar-refractivity contribution in [2.75, 3.05) is 0 Å². The maximum Gasteiger partial charge on any atom is 0.276 e. The van der Waals surface area contributed by atoms with Gasteiger partial charge in [-0.1, -0.05) is 23.7 Å². The summed E-state index contributed by atoms with van der Waals surface area (Å²) in [6.45, 7) is 5.64. The largest absolute Gasteiger partial charge is 0.299 e. The van der Waals surface area contributed by atoms with Crippen molar-refractivity contribution < 1.29 is 0 Å². The van der Waals surface area contributed by atoms with Gasteiger partial charge in [0.05, 0.1) is 11.3 Å². The molecule has 1 aromatic heterocycles. The lowest BCUT2D eigenvalue weighted by atomic mass is 10.0. The second kappa shape index (κ2) is 5.05. The van der Waals surface area contributed by atoms with E-state index in [1.54, 1.807) is 31.2 Å². The summed E-state index contributed by atoms with van der Waals surface area (Å²) in [5.74, 6) is 0. The van der Waals surface area contributed by atoms with Gasteiger partial charge in [0.1, 0.15) is 0 Å². The van der Waals surface area contributed by atoms with E-state index in [0.717, 1.165) is 0 Å². The molecule has 19 heavy (non-hydrogen) atoms. The van der Waals surface area contributed by atoms with Crippen LogP contribution in [0, 0.1) is 12.3 Å². The topological polar surface area (TPSA) is 61.6 Å². The van der Waals surface area contributed by atoms with Gasteiger partial charge in [0, 0.05) is 22.3 Å². The van der Waals surface area contributed by atoms with Gasteiger partial charge in [0.25, 0.3) is 5.56 Å². The van der Waals surface area contributed by atoms with Crippen LogP contribution in [-0.4, -0.2) is 15.5 Å². The van der Waals surface area contributed by atoms with Crippen LogP contribution in [0.15, 0.2) is 29.1 Å². The molecule has 5 heteroatoms. The van der Waals surface area contributed by atoms with Crippen molar-refractivity contribution in [2.24, 2.45) is 0 Å². The molecule has 0 spiro atoms. The fourth-order valence-electron chi connectivity index (χ4n) is 2.01. The summed E-state index contributed by atoms with van der Waals surface area (Å²) in [5.41, 5.74) is 1.76. The Hall–Kier alpha value is -1.81. The van der Waals surface area contributed by atoms with Gasteiger partial charge in [0.2, 0.25) is 0 Å². The Bertz CT molecular complexity index is 682. The highest BCUT2D eigenvalue weighted by atomic mass is 35.5. The third-order valence-corrected chi connectivity index (χ3v) is 3.21. The number of nitrogens with one attached hydrogen (secondary N) is 2. The van der Waals surface area contributed by atoms with Crippen LogP contribution in [0.25, 0.3) is 0 Å². The van der Waals surface area contributed by atoms with E-state index in [4.69, 9.17) is 17.0 Å². The summed E-state index contributed by atoms with van der Waals surface area (Å²) in [7, 11) is 0. The van der Waals surface area contributed by atoms with Crippen molar-refractivity contribution in [3.63, 3.8) is 0 Å². The van der Waals surface area contributed by atoms with Crippen LogP contribution in [-0.2, 0) is 0 Å². The molecule has 4 nitrogen and oxygen atoms in total. The predicted octanol–water partition coefficient (Wildman–Crippen LogP) is 3.14. The number of aromatic amines is 1. The first kappa shape index (κ1) is 13.6. The van der Waals surface area contributed by atoms with E-state index in [9.17, 15) is 4.79 Å². The molecule has 1 aromatic carbocycles. The van der Waals surface area contributed by atoms with Gasteiger partial charge in [-0.3, -0.25) is 15.3 Å². The van der Waals surface area contributed by atoms with Crippen molar-refractivity contribution in [2.45, 2.75) is 26.8 Å². The lowest BCUT2D eigenvalue weighted by Crippen LogP contribution is -2.23. The fraction of sp³-hybridized carbons (Fsp3) is 0.286. The van der Waals surface area contributed by atoms with Crippen molar-refractivity contribution in [1.82, 2.24) is 9.78 Å². The molecule has 2 N–H and O–H groups in total. The Kier molecular flexibility index (Phi) is 3.62. The molecule has 0 aliphatic heterocycles. The van der Waals surface area contributed by atoms with Crippen LogP contribution in [0.2, 0.25) is 5.02 Å². The lowest BCUT2D eigenvalue weighted by Gasteiger charge is -2.04. The van der Waals surface area contributed by atoms with Gasteiger partial charge < -0.3 is 0 Å². The average Bonchev–Trinajstić information content (AvgIpc) is 2.64. The number of hydrogen-bond donors (Lipinski definition) is 2. The SMILES string of the molecule is Cc1[nH]n(C(C)C)c(=O)c1C(=N)c1cccc(Cl)c1. The molecule has 0 aliphatic carbocycles. The summed E-state index contributed by atoms with van der Waals surface area (Å²) in [6.07, 6.45) is 0. The fourth-order valence-corrected chi connectivity index (χ4v) is 2.20. The van der Waals surface area contributed by atoms with Crippen molar-refractivity contribution >= 4 is 17.3 Å². The first-order valence-corrected chi connectivity index (χ1v) is 6.45. The second-order valence-corrected chi connectivity index (χ2v) is 5.20. The van der Waals surface area contributed by atoms with Crippen molar-refractivity contribution in [3.8, 4) is 0 Å². The van der Waals surface area contributed by atoms with Crippen LogP contribution < -0.4 is 5.56 Å². The zero-order valence-corrected chi connectivity index (χ0v) is 11.9. The van der Waals surface area contributed by atoms with Crippen LogP contribution in [0.5, 0.6) is 0 Å². The van der Waals surface area contributed by atoms with Gasteiger partial charge >= 0.3 is 0 Å². The number of aryl methyl sites for hydroxylation is 1. The van der Waals surface area contributed by atoms with Crippen LogP contribution in [0.1, 0.15) is 36.7 Å². The molecule has 0 radical (unpaired) electrons. The quantitative estimate of drug-likeness (QED) is 0.832. The molecule has 0 saturated heterocycles. The molecule has 2 aromatic rings. The van der Waals surface area contributed by atoms with Gasteiger partial charge in [0.15, 0.2) is 0 Å². The number of H-pyrrole nitrogens is 1. The molecule has 0 bridgehead atoms. The Labute approximate surface area is 116 Å². The number of halogens is 1. The smallest absolute Gasteiger partial charge is 0.276 e. The molecular weight excluding hydrogens is 262 g/mol. The van der Waals surface area contributed by atoms with Crippen LogP contribution >= 0.6 is 11.6 Å². The van der Waals surface area contributed by atoms with E-state index in [1.807, 2.05) is 13.8 Å². The highest BCUT2D eigenvalue weighted by Crippen LogP contribution is 2.15. The molecular formula is C14H16ClN3O. The molecule has 0 fully saturated rings. The molecule has 1 heterocycles. The molecule has 0 atom stereocenters. The van der Waals surface area contributed by atoms with Gasteiger partial charge in [-0.05, 0) is 32.9 Å². The zero-order chi connectivity index (χ0) is 14.2. The Morgan fingerprint density at radius 3 is 2.63 bits per heavy atom. The summed E-state index contributed by atoms with van der Waals surface area (Å²) in [5, 5.41) is 11.8. The van der Waals surface area contributed by atoms with Gasteiger partial charge in [-0.2, -0.15) is 0 Å². The van der Waals surface area contributed by atoms with Crippen molar-refractivity contribution in [3.05, 3.63) is 56.5 Å². The van der Waals surface area contributed by atoms with Crippen LogP contribution in [0.3, 0.4) is 0 Å². The first-order valence-electron chi connectivity index (χ1n) is 6.07. The lowest BCUT2D eigenvalue weighted by molar-refractivity contribution is 0.514. The first-order chi connectivity index (χ1) is 8.91. The van der Waals surface area contributed by atoms with Gasteiger partial charge in [-0.25, -0.2) is 4.68 Å². The van der Waals surface area contributed by atoms with Gasteiger partial charge in [-0.15, -0.1) is 0 Å². The number of benzene rings is 1. The molecule has 0 aliphatic rings. The predicted molar refractivity (Wildman–Crippen MR) is 77.6 cm³/mol. The summed E-state index contributed by atoms with van der Waals surface area (Å²) in [6, 6.07) is 7.02. The maximum absolute atomic E-state index is 12.3. The minimum absolute atomic E-state index is 0.0344. The molecule has 0 unspecified atom stereocenters. The van der Waals surface area contributed by atoms with Crippen LogP contribution in [0.4, 0.5) is 0 Å². The standard InChI is InChI=1S/C14H16ClN3O/c1-8(2)18-14(19)12(9(3)17-18)13(16)10-5-4-6-11(15)7-10/h4-8,16-17H,1-3H3. The molecule has 0 amide bonds. The molecule has 100 valence electrons. The third-order valence-electron chi connectivity index (χ3n) is 2.98. The van der Waals surface area contributed by atoms with E-state index in [2.05, 4.69) is 5.10 Å².